The first-order valence-corrected chi connectivity index (χ1v) is 11.0. The average molecular weight is 453 g/mol. The van der Waals surface area contributed by atoms with E-state index >= 15 is 0 Å². The molecule has 5 nitrogen and oxygen atoms in total. The summed E-state index contributed by atoms with van der Waals surface area (Å²) >= 11 is 7.71. The molecule has 158 valence electrons. The van der Waals surface area contributed by atoms with E-state index in [0.717, 1.165) is 32.3 Å². The van der Waals surface area contributed by atoms with Gasteiger partial charge in [-0.15, -0.1) is 11.3 Å². The Bertz CT molecular complexity index is 1220. The number of rotatable bonds is 5. The summed E-state index contributed by atoms with van der Waals surface area (Å²) in [6.07, 6.45) is 0. The highest BCUT2D eigenvalue weighted by Crippen LogP contribution is 2.39. The van der Waals surface area contributed by atoms with Gasteiger partial charge in [-0.05, 0) is 43.7 Å². The maximum absolute atomic E-state index is 13.1. The first kappa shape index (κ1) is 21.3. The lowest BCUT2D eigenvalue weighted by atomic mass is 10.00. The molecule has 1 amide bonds. The van der Waals surface area contributed by atoms with Gasteiger partial charge in [0, 0.05) is 26.6 Å². The molecule has 0 saturated heterocycles. The van der Waals surface area contributed by atoms with E-state index in [1.54, 1.807) is 42.3 Å². The molecule has 2 aromatic carbocycles. The Hall–Kier alpha value is -2.96. The zero-order valence-corrected chi connectivity index (χ0v) is 19.0. The first-order valence-electron chi connectivity index (χ1n) is 9.77. The van der Waals surface area contributed by atoms with Gasteiger partial charge in [-0.3, -0.25) is 19.5 Å². The third-order valence-electron chi connectivity index (χ3n) is 5.31. The molecular formula is C24H21ClN2O3S. The van der Waals surface area contributed by atoms with Crippen LogP contribution in [0.4, 0.5) is 5.00 Å². The van der Waals surface area contributed by atoms with E-state index in [2.05, 4.69) is 4.99 Å². The number of thiophene rings is 1. The molecule has 1 aromatic heterocycles. The SMILES string of the molecule is COc1cccc(C(=O)CN2C(=O)CN=C(c3cccc(Cl)c3)c3c2sc(C)c3C)c1. The lowest BCUT2D eigenvalue weighted by Crippen LogP contribution is -2.36. The van der Waals surface area contributed by atoms with Gasteiger partial charge >= 0.3 is 0 Å². The Morgan fingerprint density at radius 2 is 1.97 bits per heavy atom. The monoisotopic (exact) mass is 452 g/mol. The predicted molar refractivity (Wildman–Crippen MR) is 125 cm³/mol. The van der Waals surface area contributed by atoms with Crippen molar-refractivity contribution in [2.75, 3.05) is 25.1 Å². The van der Waals surface area contributed by atoms with Crippen LogP contribution in [0.5, 0.6) is 5.75 Å². The Balaban J connectivity index is 1.76. The minimum absolute atomic E-state index is 0.0346. The van der Waals surface area contributed by atoms with Crippen LogP contribution in [0.15, 0.2) is 53.5 Å². The van der Waals surface area contributed by atoms with E-state index in [1.165, 1.54) is 11.3 Å². The summed E-state index contributed by atoms with van der Waals surface area (Å²) < 4.78 is 5.22. The maximum Gasteiger partial charge on any atom is 0.249 e. The van der Waals surface area contributed by atoms with E-state index in [4.69, 9.17) is 16.3 Å². The number of aryl methyl sites for hydroxylation is 1. The summed E-state index contributed by atoms with van der Waals surface area (Å²) in [4.78, 5) is 33.4. The number of fused-ring (bicyclic) bond motifs is 1. The van der Waals surface area contributed by atoms with Crippen LogP contribution in [-0.4, -0.2) is 37.6 Å². The van der Waals surface area contributed by atoms with Gasteiger partial charge in [-0.2, -0.15) is 0 Å². The van der Waals surface area contributed by atoms with Crippen molar-refractivity contribution in [3.63, 3.8) is 0 Å². The number of carbonyl (C=O) groups excluding carboxylic acids is 2. The Morgan fingerprint density at radius 1 is 1.19 bits per heavy atom. The van der Waals surface area contributed by atoms with E-state index in [0.29, 0.717) is 16.3 Å². The van der Waals surface area contributed by atoms with Gasteiger partial charge in [0.1, 0.15) is 17.3 Å². The van der Waals surface area contributed by atoms with Crippen LogP contribution in [0.25, 0.3) is 0 Å². The largest absolute Gasteiger partial charge is 0.497 e. The third-order valence-corrected chi connectivity index (χ3v) is 6.78. The molecule has 0 fully saturated rings. The molecule has 4 rings (SSSR count). The summed E-state index contributed by atoms with van der Waals surface area (Å²) in [5.74, 6) is 0.229. The van der Waals surface area contributed by atoms with Crippen LogP contribution < -0.4 is 9.64 Å². The standard InChI is InChI=1S/C24H21ClN2O3S/c1-14-15(2)31-24-22(14)23(17-7-4-8-18(25)10-17)26-12-21(29)27(24)13-20(28)16-6-5-9-19(11-16)30-3/h4-11H,12-13H2,1-3H3. The predicted octanol–water partition coefficient (Wildman–Crippen LogP) is 5.09. The van der Waals surface area contributed by atoms with Gasteiger partial charge < -0.3 is 4.74 Å². The molecule has 0 N–H and O–H groups in total. The highest BCUT2D eigenvalue weighted by Gasteiger charge is 2.31. The molecule has 0 radical (unpaired) electrons. The molecule has 0 bridgehead atoms. The number of halogens is 1. The molecule has 0 atom stereocenters. The molecule has 1 aliphatic rings. The van der Waals surface area contributed by atoms with Crippen molar-refractivity contribution < 1.29 is 14.3 Å². The van der Waals surface area contributed by atoms with Gasteiger partial charge in [0.2, 0.25) is 5.91 Å². The van der Waals surface area contributed by atoms with Gasteiger partial charge in [0.25, 0.3) is 0 Å². The van der Waals surface area contributed by atoms with E-state index < -0.39 is 0 Å². The minimum Gasteiger partial charge on any atom is -0.497 e. The fourth-order valence-electron chi connectivity index (χ4n) is 3.57. The fourth-order valence-corrected chi connectivity index (χ4v) is 4.93. The molecule has 0 saturated carbocycles. The Kier molecular flexibility index (Phi) is 5.94. The number of methoxy groups -OCH3 is 1. The maximum atomic E-state index is 13.1. The van der Waals surface area contributed by atoms with Crippen LogP contribution in [0.2, 0.25) is 5.02 Å². The number of ether oxygens (including phenoxy) is 1. The number of hydrogen-bond acceptors (Lipinski definition) is 5. The lowest BCUT2D eigenvalue weighted by molar-refractivity contribution is -0.117. The van der Waals surface area contributed by atoms with Crippen LogP contribution in [0.3, 0.4) is 0 Å². The molecule has 31 heavy (non-hydrogen) atoms. The highest BCUT2D eigenvalue weighted by molar-refractivity contribution is 7.17. The molecule has 2 heterocycles. The van der Waals surface area contributed by atoms with Crippen molar-refractivity contribution >= 4 is 45.3 Å². The smallest absolute Gasteiger partial charge is 0.249 e. The summed E-state index contributed by atoms with van der Waals surface area (Å²) in [5, 5.41) is 1.35. The van der Waals surface area contributed by atoms with Crippen molar-refractivity contribution in [3.8, 4) is 5.75 Å². The summed E-state index contributed by atoms with van der Waals surface area (Å²) in [6, 6.07) is 14.4. The average Bonchev–Trinajstić information content (AvgIpc) is 2.98. The number of anilines is 1. The number of carbonyl (C=O) groups is 2. The zero-order valence-electron chi connectivity index (χ0n) is 17.4. The van der Waals surface area contributed by atoms with Crippen LogP contribution >= 0.6 is 22.9 Å². The van der Waals surface area contributed by atoms with E-state index in [-0.39, 0.29) is 24.8 Å². The van der Waals surface area contributed by atoms with Crippen LogP contribution in [0.1, 0.15) is 31.9 Å². The highest BCUT2D eigenvalue weighted by atomic mass is 35.5. The number of Topliss-reactive ketones (excluding diaryl/α,β-unsaturated/α-hetero) is 1. The van der Waals surface area contributed by atoms with Gasteiger partial charge in [-0.25, -0.2) is 0 Å². The normalized spacial score (nSPS) is 13.5. The van der Waals surface area contributed by atoms with E-state index in [9.17, 15) is 9.59 Å². The molecular weight excluding hydrogens is 432 g/mol. The molecule has 7 heteroatoms. The second-order valence-corrected chi connectivity index (χ2v) is 8.91. The topological polar surface area (TPSA) is 59.0 Å². The number of ketones is 1. The van der Waals surface area contributed by atoms with Crippen molar-refractivity contribution in [1.29, 1.82) is 0 Å². The lowest BCUT2D eigenvalue weighted by Gasteiger charge is -2.20. The summed E-state index contributed by atoms with van der Waals surface area (Å²) in [5.41, 5.74) is 4.01. The molecule has 0 spiro atoms. The number of aliphatic imine (C=N–C) groups is 1. The number of nitrogens with zero attached hydrogens (tertiary/aromatic N) is 2. The molecule has 3 aromatic rings. The molecule has 1 aliphatic heterocycles. The van der Waals surface area contributed by atoms with Crippen molar-refractivity contribution in [1.82, 2.24) is 0 Å². The van der Waals surface area contributed by atoms with Gasteiger partial charge in [0.15, 0.2) is 5.78 Å². The summed E-state index contributed by atoms with van der Waals surface area (Å²) in [6.45, 7) is 3.93. The first-order chi connectivity index (χ1) is 14.9. The zero-order chi connectivity index (χ0) is 22.1. The second-order valence-electron chi connectivity index (χ2n) is 7.27. The number of benzene rings is 2. The number of hydrogen-bond donors (Lipinski definition) is 0. The Labute approximate surface area is 189 Å². The van der Waals surface area contributed by atoms with Crippen LogP contribution in [0, 0.1) is 13.8 Å². The van der Waals surface area contributed by atoms with E-state index in [1.807, 2.05) is 32.0 Å². The van der Waals surface area contributed by atoms with Gasteiger partial charge in [0.05, 0.1) is 19.4 Å². The van der Waals surface area contributed by atoms with Gasteiger partial charge in [-0.1, -0.05) is 35.9 Å². The minimum atomic E-state index is -0.212. The molecule has 0 aliphatic carbocycles. The third kappa shape index (κ3) is 4.13. The Morgan fingerprint density at radius 3 is 2.71 bits per heavy atom. The van der Waals surface area contributed by atoms with Crippen molar-refractivity contribution in [3.05, 3.63) is 80.7 Å². The second kappa shape index (κ2) is 8.65. The quantitative estimate of drug-likeness (QED) is 0.506. The summed E-state index contributed by atoms with van der Waals surface area (Å²) in [7, 11) is 1.56. The van der Waals surface area contributed by atoms with Crippen molar-refractivity contribution in [2.24, 2.45) is 4.99 Å². The molecule has 0 unspecified atom stereocenters. The van der Waals surface area contributed by atoms with Crippen LogP contribution in [-0.2, 0) is 4.79 Å². The van der Waals surface area contributed by atoms with Crippen molar-refractivity contribution in [2.45, 2.75) is 13.8 Å². The fraction of sp³-hybridized carbons (Fsp3) is 0.208. The number of amides is 1.